The van der Waals surface area contributed by atoms with Gasteiger partial charge < -0.3 is 10.4 Å². The predicted molar refractivity (Wildman–Crippen MR) is 69.6 cm³/mol. The minimum Gasteiger partial charge on any atom is -0.389 e. The molecule has 1 saturated heterocycles. The van der Waals surface area contributed by atoms with E-state index in [1.54, 1.807) is 0 Å². The Morgan fingerprint density at radius 2 is 2.00 bits per heavy atom. The number of nitrogens with one attached hydrogen (secondary N) is 1. The van der Waals surface area contributed by atoms with Gasteiger partial charge >= 0.3 is 0 Å². The van der Waals surface area contributed by atoms with Crippen LogP contribution in [0.15, 0.2) is 18.2 Å². The molecule has 0 spiro atoms. The van der Waals surface area contributed by atoms with Gasteiger partial charge in [-0.25, -0.2) is 8.78 Å². The van der Waals surface area contributed by atoms with E-state index in [9.17, 15) is 13.9 Å². The third-order valence-electron chi connectivity index (χ3n) is 3.21. The van der Waals surface area contributed by atoms with Crippen molar-refractivity contribution in [1.82, 2.24) is 5.32 Å². The molecular weight excluding hydrogens is 256 g/mol. The Kier molecular flexibility index (Phi) is 4.59. The molecule has 1 aromatic carbocycles. The maximum atomic E-state index is 13.4. The molecule has 0 saturated carbocycles. The maximum Gasteiger partial charge on any atom is 0.130 e. The lowest BCUT2D eigenvalue weighted by molar-refractivity contribution is 0.0319. The molecule has 0 amide bonds. The average Bonchev–Trinajstić information content (AvgIpc) is 2.33. The minimum absolute atomic E-state index is 0.307. The lowest BCUT2D eigenvalue weighted by Gasteiger charge is -2.32. The van der Waals surface area contributed by atoms with Crippen molar-refractivity contribution in [2.24, 2.45) is 0 Å². The molecule has 0 aromatic heterocycles. The zero-order valence-electron chi connectivity index (χ0n) is 10.1. The van der Waals surface area contributed by atoms with E-state index in [0.29, 0.717) is 18.7 Å². The Bertz CT molecular complexity index is 408. The quantitative estimate of drug-likeness (QED) is 0.883. The number of thioether (sulfide) groups is 1. The Morgan fingerprint density at radius 3 is 2.67 bits per heavy atom. The second kappa shape index (κ2) is 5.99. The standard InChI is InChI=1S/C13H17F2NOS/c14-11-2-1-10(12(15)7-11)8-16-9-13(17)3-5-18-6-4-13/h1-2,7,16-17H,3-6,8-9H2. The Morgan fingerprint density at radius 1 is 1.28 bits per heavy atom. The van der Waals surface area contributed by atoms with Crippen molar-refractivity contribution in [2.45, 2.75) is 25.0 Å². The van der Waals surface area contributed by atoms with Crippen LogP contribution < -0.4 is 5.32 Å². The highest BCUT2D eigenvalue weighted by molar-refractivity contribution is 7.99. The number of aliphatic hydroxyl groups is 1. The van der Waals surface area contributed by atoms with Gasteiger partial charge in [0, 0.05) is 24.7 Å². The molecule has 2 N–H and O–H groups in total. The number of halogens is 2. The smallest absolute Gasteiger partial charge is 0.130 e. The molecule has 0 radical (unpaired) electrons. The van der Waals surface area contributed by atoms with Gasteiger partial charge in [0.1, 0.15) is 11.6 Å². The average molecular weight is 273 g/mol. The molecule has 0 unspecified atom stereocenters. The van der Waals surface area contributed by atoms with E-state index in [4.69, 9.17) is 0 Å². The first kappa shape index (κ1) is 13.8. The van der Waals surface area contributed by atoms with Crippen molar-refractivity contribution >= 4 is 11.8 Å². The molecule has 1 fully saturated rings. The van der Waals surface area contributed by atoms with Gasteiger partial charge in [-0.2, -0.15) is 11.8 Å². The van der Waals surface area contributed by atoms with E-state index >= 15 is 0 Å². The van der Waals surface area contributed by atoms with Crippen molar-refractivity contribution in [3.8, 4) is 0 Å². The van der Waals surface area contributed by atoms with E-state index in [2.05, 4.69) is 5.32 Å². The molecule has 2 nitrogen and oxygen atoms in total. The highest BCUT2D eigenvalue weighted by atomic mass is 32.2. The topological polar surface area (TPSA) is 32.3 Å². The van der Waals surface area contributed by atoms with Crippen LogP contribution in [0.4, 0.5) is 8.78 Å². The second-order valence-electron chi connectivity index (χ2n) is 4.68. The van der Waals surface area contributed by atoms with Gasteiger partial charge in [0.2, 0.25) is 0 Å². The van der Waals surface area contributed by atoms with E-state index < -0.39 is 17.2 Å². The Balaban J connectivity index is 1.84. The number of hydrogen-bond acceptors (Lipinski definition) is 3. The summed E-state index contributed by atoms with van der Waals surface area (Å²) in [6, 6.07) is 3.55. The lowest BCUT2D eigenvalue weighted by Crippen LogP contribution is -2.43. The fourth-order valence-electron chi connectivity index (χ4n) is 2.02. The van der Waals surface area contributed by atoms with Crippen molar-refractivity contribution < 1.29 is 13.9 Å². The van der Waals surface area contributed by atoms with E-state index in [1.165, 1.54) is 12.1 Å². The highest BCUT2D eigenvalue weighted by Crippen LogP contribution is 2.26. The van der Waals surface area contributed by atoms with Gasteiger partial charge in [0.25, 0.3) is 0 Å². The summed E-state index contributed by atoms with van der Waals surface area (Å²) in [5, 5.41) is 13.3. The second-order valence-corrected chi connectivity index (χ2v) is 5.90. The van der Waals surface area contributed by atoms with Crippen molar-refractivity contribution in [3.05, 3.63) is 35.4 Å². The van der Waals surface area contributed by atoms with Crippen LogP contribution in [0, 0.1) is 11.6 Å². The summed E-state index contributed by atoms with van der Waals surface area (Å²) in [6.07, 6.45) is 1.52. The predicted octanol–water partition coefficient (Wildman–Crippen LogP) is 2.31. The molecular formula is C13H17F2NOS. The monoisotopic (exact) mass is 273 g/mol. The van der Waals surface area contributed by atoms with Crippen LogP contribution in [0.25, 0.3) is 0 Å². The van der Waals surface area contributed by atoms with Gasteiger partial charge in [0.15, 0.2) is 0 Å². The van der Waals surface area contributed by atoms with Crippen LogP contribution >= 0.6 is 11.8 Å². The summed E-state index contributed by atoms with van der Waals surface area (Å²) in [6.45, 7) is 0.756. The van der Waals surface area contributed by atoms with Gasteiger partial charge in [-0.1, -0.05) is 6.07 Å². The molecule has 0 aliphatic carbocycles. The largest absolute Gasteiger partial charge is 0.389 e. The molecule has 1 heterocycles. The fraction of sp³-hybridized carbons (Fsp3) is 0.538. The summed E-state index contributed by atoms with van der Waals surface area (Å²) >= 11 is 1.84. The molecule has 5 heteroatoms. The molecule has 1 aliphatic heterocycles. The van der Waals surface area contributed by atoms with Crippen LogP contribution in [-0.2, 0) is 6.54 Å². The van der Waals surface area contributed by atoms with Gasteiger partial charge in [0.05, 0.1) is 5.60 Å². The number of rotatable bonds is 4. The lowest BCUT2D eigenvalue weighted by atomic mass is 9.97. The highest BCUT2D eigenvalue weighted by Gasteiger charge is 2.28. The summed E-state index contributed by atoms with van der Waals surface area (Å²) in [5.74, 6) is 0.805. The van der Waals surface area contributed by atoms with Crippen LogP contribution in [0.3, 0.4) is 0 Å². The molecule has 100 valence electrons. The summed E-state index contributed by atoms with van der Waals surface area (Å²) in [5.41, 5.74) is -0.257. The zero-order chi connectivity index (χ0) is 13.0. The van der Waals surface area contributed by atoms with Crippen LogP contribution in [0.5, 0.6) is 0 Å². The minimum atomic E-state index is -0.679. The molecule has 1 aromatic rings. The zero-order valence-corrected chi connectivity index (χ0v) is 10.9. The van der Waals surface area contributed by atoms with Gasteiger partial charge in [-0.15, -0.1) is 0 Å². The summed E-state index contributed by atoms with van der Waals surface area (Å²) in [7, 11) is 0. The summed E-state index contributed by atoms with van der Waals surface area (Å²) < 4.78 is 26.1. The number of hydrogen-bond donors (Lipinski definition) is 2. The molecule has 1 aliphatic rings. The maximum absolute atomic E-state index is 13.4. The molecule has 0 atom stereocenters. The SMILES string of the molecule is OC1(CNCc2ccc(F)cc2F)CCSCC1. The normalized spacial score (nSPS) is 18.8. The first-order chi connectivity index (χ1) is 8.59. The van der Waals surface area contributed by atoms with Crippen LogP contribution in [-0.4, -0.2) is 28.8 Å². The summed E-state index contributed by atoms with van der Waals surface area (Å²) in [4.78, 5) is 0. The van der Waals surface area contributed by atoms with E-state index in [-0.39, 0.29) is 0 Å². The van der Waals surface area contributed by atoms with Gasteiger partial charge in [-0.05, 0) is 30.4 Å². The fourth-order valence-corrected chi connectivity index (χ4v) is 3.28. The molecule has 2 rings (SSSR count). The molecule has 18 heavy (non-hydrogen) atoms. The van der Waals surface area contributed by atoms with Crippen molar-refractivity contribution in [3.63, 3.8) is 0 Å². The van der Waals surface area contributed by atoms with E-state index in [0.717, 1.165) is 30.4 Å². The number of benzene rings is 1. The Hall–Kier alpha value is -0.650. The third kappa shape index (κ3) is 3.67. The third-order valence-corrected chi connectivity index (χ3v) is 4.19. The first-order valence-electron chi connectivity index (χ1n) is 6.04. The van der Waals surface area contributed by atoms with Crippen molar-refractivity contribution in [1.29, 1.82) is 0 Å². The first-order valence-corrected chi connectivity index (χ1v) is 7.19. The van der Waals surface area contributed by atoms with Crippen molar-refractivity contribution in [2.75, 3.05) is 18.1 Å². The Labute approximate surface area is 110 Å². The van der Waals surface area contributed by atoms with Crippen LogP contribution in [0.2, 0.25) is 0 Å². The molecule has 0 bridgehead atoms. The van der Waals surface area contributed by atoms with E-state index in [1.807, 2.05) is 11.8 Å². The van der Waals surface area contributed by atoms with Crippen LogP contribution in [0.1, 0.15) is 18.4 Å². The van der Waals surface area contributed by atoms with Gasteiger partial charge in [-0.3, -0.25) is 0 Å².